The Morgan fingerprint density at radius 3 is 2.10 bits per heavy atom. The maximum absolute atomic E-state index is 6.24. The Hall–Kier alpha value is -5.16. The van der Waals surface area contributed by atoms with Crippen molar-refractivity contribution >= 4 is 21.9 Å². The third kappa shape index (κ3) is 3.41. The zero-order valence-corrected chi connectivity index (χ0v) is 22.1. The molecule has 4 aromatic carbocycles. The van der Waals surface area contributed by atoms with Gasteiger partial charge in [-0.3, -0.25) is 4.98 Å². The van der Waals surface area contributed by atoms with Crippen LogP contribution in [0.1, 0.15) is 25.0 Å². The number of hydrogen-bond donors (Lipinski definition) is 0. The summed E-state index contributed by atoms with van der Waals surface area (Å²) < 4.78 is 6.24. The molecule has 0 spiro atoms. The molecule has 0 radical (unpaired) electrons. The normalized spacial score (nSPS) is 13.4. The van der Waals surface area contributed by atoms with Crippen molar-refractivity contribution in [2.75, 3.05) is 0 Å². The fourth-order valence-corrected chi connectivity index (χ4v) is 5.92. The van der Waals surface area contributed by atoms with Gasteiger partial charge in [-0.2, -0.15) is 0 Å². The van der Waals surface area contributed by atoms with Gasteiger partial charge in [-0.1, -0.05) is 80.6 Å². The van der Waals surface area contributed by atoms with Crippen LogP contribution in [-0.4, -0.2) is 19.9 Å². The molecule has 0 atom stereocenters. The summed E-state index contributed by atoms with van der Waals surface area (Å²) in [6.07, 6.45) is 1.76. The molecule has 0 N–H and O–H groups in total. The molecule has 0 unspecified atom stereocenters. The molecule has 5 heteroatoms. The topological polar surface area (TPSA) is 64.7 Å². The van der Waals surface area contributed by atoms with Gasteiger partial charge in [0.1, 0.15) is 16.9 Å². The molecule has 3 heterocycles. The van der Waals surface area contributed by atoms with E-state index in [0.29, 0.717) is 23.2 Å². The Kier molecular flexibility index (Phi) is 4.80. The molecule has 0 saturated heterocycles. The maximum atomic E-state index is 6.24. The number of para-hydroxylation sites is 1. The summed E-state index contributed by atoms with van der Waals surface area (Å²) in [7, 11) is 0. The third-order valence-electron chi connectivity index (χ3n) is 7.99. The Morgan fingerprint density at radius 2 is 1.27 bits per heavy atom. The Morgan fingerprint density at radius 1 is 0.550 bits per heavy atom. The van der Waals surface area contributed by atoms with E-state index < -0.39 is 0 Å². The van der Waals surface area contributed by atoms with Gasteiger partial charge in [-0.15, -0.1) is 0 Å². The summed E-state index contributed by atoms with van der Waals surface area (Å²) in [5.74, 6) is 1.81. The number of hydrogen-bond acceptors (Lipinski definition) is 5. The second-order valence-electron chi connectivity index (χ2n) is 10.8. The van der Waals surface area contributed by atoms with E-state index in [9.17, 15) is 0 Å². The lowest BCUT2D eigenvalue weighted by atomic mass is 9.82. The van der Waals surface area contributed by atoms with Gasteiger partial charge in [0.15, 0.2) is 17.5 Å². The van der Waals surface area contributed by atoms with Crippen molar-refractivity contribution in [3.8, 4) is 45.4 Å². The average molecular weight is 517 g/mol. The predicted octanol–water partition coefficient (Wildman–Crippen LogP) is 8.47. The summed E-state index contributed by atoms with van der Waals surface area (Å²) >= 11 is 0. The molecule has 0 bridgehead atoms. The van der Waals surface area contributed by atoms with Gasteiger partial charge in [0, 0.05) is 33.5 Å². The number of pyridine rings is 1. The molecule has 5 nitrogen and oxygen atoms in total. The highest BCUT2D eigenvalue weighted by Gasteiger charge is 2.36. The van der Waals surface area contributed by atoms with Gasteiger partial charge in [0.05, 0.1) is 0 Å². The minimum atomic E-state index is -0.215. The van der Waals surface area contributed by atoms with Gasteiger partial charge in [-0.25, -0.2) is 15.0 Å². The van der Waals surface area contributed by atoms with E-state index in [1.165, 1.54) is 22.3 Å². The van der Waals surface area contributed by atoms with Crippen LogP contribution >= 0.6 is 0 Å². The smallest absolute Gasteiger partial charge is 0.182 e. The van der Waals surface area contributed by atoms with Crippen LogP contribution in [0.4, 0.5) is 0 Å². The van der Waals surface area contributed by atoms with Crippen LogP contribution in [-0.2, 0) is 5.41 Å². The Balaban J connectivity index is 1.31. The molecular weight excluding hydrogens is 492 g/mol. The first-order valence-electron chi connectivity index (χ1n) is 13.4. The molecule has 0 amide bonds. The molecule has 1 aliphatic rings. The lowest BCUT2D eigenvalue weighted by Crippen LogP contribution is -2.15. The van der Waals surface area contributed by atoms with E-state index in [0.717, 1.165) is 33.1 Å². The molecule has 0 fully saturated rings. The SMILES string of the molecule is CC1(C)c2cc(-c3nc(-c4ccccc4)nc(-c4ccccn4)n3)ccc2-c2cc3c(cc21)oc1ccccc13. The van der Waals surface area contributed by atoms with Crippen molar-refractivity contribution < 1.29 is 4.42 Å². The molecule has 7 aromatic rings. The van der Waals surface area contributed by atoms with Crippen LogP contribution in [0, 0.1) is 0 Å². The Labute approximate surface area is 231 Å². The van der Waals surface area contributed by atoms with Crippen LogP contribution in [0.3, 0.4) is 0 Å². The highest BCUT2D eigenvalue weighted by molar-refractivity contribution is 6.07. The number of aromatic nitrogens is 4. The van der Waals surface area contributed by atoms with E-state index in [1.807, 2.05) is 60.7 Å². The van der Waals surface area contributed by atoms with Crippen LogP contribution < -0.4 is 0 Å². The molecule has 190 valence electrons. The van der Waals surface area contributed by atoms with Gasteiger partial charge in [0.2, 0.25) is 0 Å². The molecule has 3 aromatic heterocycles. The van der Waals surface area contributed by atoms with Gasteiger partial charge >= 0.3 is 0 Å². The van der Waals surface area contributed by atoms with Crippen LogP contribution in [0.15, 0.2) is 114 Å². The lowest BCUT2D eigenvalue weighted by Gasteiger charge is -2.21. The Bertz CT molecular complexity index is 2020. The second-order valence-corrected chi connectivity index (χ2v) is 10.8. The molecule has 8 rings (SSSR count). The number of furan rings is 1. The van der Waals surface area contributed by atoms with E-state index in [-0.39, 0.29) is 5.41 Å². The quantitative estimate of drug-likeness (QED) is 0.236. The fraction of sp³-hybridized carbons (Fsp3) is 0.0857. The van der Waals surface area contributed by atoms with E-state index in [1.54, 1.807) is 6.20 Å². The fourth-order valence-electron chi connectivity index (χ4n) is 5.92. The summed E-state index contributed by atoms with van der Waals surface area (Å²) in [6.45, 7) is 4.55. The van der Waals surface area contributed by atoms with Crippen LogP contribution in [0.25, 0.3) is 67.4 Å². The second kappa shape index (κ2) is 8.42. The zero-order valence-electron chi connectivity index (χ0n) is 22.1. The number of benzene rings is 4. The first-order chi connectivity index (χ1) is 19.6. The number of rotatable bonds is 3. The van der Waals surface area contributed by atoms with Crippen molar-refractivity contribution in [3.05, 3.63) is 120 Å². The third-order valence-corrected chi connectivity index (χ3v) is 7.99. The van der Waals surface area contributed by atoms with Crippen molar-refractivity contribution in [3.63, 3.8) is 0 Å². The maximum Gasteiger partial charge on any atom is 0.182 e. The molecular formula is C35H24N4O. The lowest BCUT2D eigenvalue weighted by molar-refractivity contribution is 0.647. The monoisotopic (exact) mass is 516 g/mol. The van der Waals surface area contributed by atoms with Gasteiger partial charge in [-0.05, 0) is 58.7 Å². The largest absolute Gasteiger partial charge is 0.456 e. The highest BCUT2D eigenvalue weighted by atomic mass is 16.3. The standard InChI is InChI=1S/C35H24N4O/c1-35(2)27-18-22(15-16-23(27)25-19-26-24-12-6-7-14-30(24)40-31(26)20-28(25)35)33-37-32(21-10-4-3-5-11-21)38-34(39-33)29-13-8-9-17-36-29/h3-20H,1-2H3. The van der Waals surface area contributed by atoms with Gasteiger partial charge < -0.3 is 4.42 Å². The van der Waals surface area contributed by atoms with Crippen LogP contribution in [0.5, 0.6) is 0 Å². The van der Waals surface area contributed by atoms with Crippen molar-refractivity contribution in [2.24, 2.45) is 0 Å². The first kappa shape index (κ1) is 22.8. The van der Waals surface area contributed by atoms with E-state index in [4.69, 9.17) is 19.4 Å². The first-order valence-corrected chi connectivity index (χ1v) is 13.4. The molecule has 40 heavy (non-hydrogen) atoms. The van der Waals surface area contributed by atoms with Crippen LogP contribution in [0.2, 0.25) is 0 Å². The highest BCUT2D eigenvalue weighted by Crippen LogP contribution is 2.51. The molecule has 0 saturated carbocycles. The summed E-state index contributed by atoms with van der Waals surface area (Å²) in [4.78, 5) is 19.1. The van der Waals surface area contributed by atoms with Crippen molar-refractivity contribution in [1.82, 2.24) is 19.9 Å². The average Bonchev–Trinajstić information content (AvgIpc) is 3.48. The molecule has 0 aliphatic heterocycles. The number of fused-ring (bicyclic) bond motifs is 6. The minimum absolute atomic E-state index is 0.215. The number of nitrogens with zero attached hydrogens (tertiary/aromatic N) is 4. The molecule has 1 aliphatic carbocycles. The van der Waals surface area contributed by atoms with E-state index in [2.05, 4.69) is 61.3 Å². The summed E-state index contributed by atoms with van der Waals surface area (Å²) in [6, 6.07) is 35.1. The summed E-state index contributed by atoms with van der Waals surface area (Å²) in [5.41, 5.74) is 9.23. The van der Waals surface area contributed by atoms with Crippen molar-refractivity contribution in [2.45, 2.75) is 19.3 Å². The van der Waals surface area contributed by atoms with E-state index >= 15 is 0 Å². The van der Waals surface area contributed by atoms with Crippen molar-refractivity contribution in [1.29, 1.82) is 0 Å². The minimum Gasteiger partial charge on any atom is -0.456 e. The van der Waals surface area contributed by atoms with Gasteiger partial charge in [0.25, 0.3) is 0 Å². The predicted molar refractivity (Wildman–Crippen MR) is 159 cm³/mol. The zero-order chi connectivity index (χ0) is 26.8. The summed E-state index contributed by atoms with van der Waals surface area (Å²) in [5, 5.41) is 2.29.